The third-order valence-electron chi connectivity index (χ3n) is 3.95. The third-order valence-corrected chi connectivity index (χ3v) is 7.24. The molecule has 0 saturated carbocycles. The summed E-state index contributed by atoms with van der Waals surface area (Å²) in [6.45, 7) is 7.28. The lowest BCUT2D eigenvalue weighted by Crippen LogP contribution is -2.61. The van der Waals surface area contributed by atoms with E-state index < -0.39 is 65.9 Å². The molecule has 0 aromatic heterocycles. The number of rotatable bonds is 12. The van der Waals surface area contributed by atoms with Crippen LogP contribution < -0.4 is 4.18 Å². The molecular formula is C18H18F6O10S3. The summed E-state index contributed by atoms with van der Waals surface area (Å²) in [4.78, 5) is 23.6. The number of benzene rings is 1. The highest BCUT2D eigenvalue weighted by Crippen LogP contribution is 2.51. The van der Waals surface area contributed by atoms with E-state index in [0.717, 1.165) is 23.9 Å². The molecule has 0 aliphatic heterocycles. The molecule has 0 spiro atoms. The lowest BCUT2D eigenvalue weighted by atomic mass is 10.3. The van der Waals surface area contributed by atoms with Crippen molar-refractivity contribution in [1.29, 1.82) is 0 Å². The molecule has 10 nitrogen and oxygen atoms in total. The second-order valence-electron chi connectivity index (χ2n) is 7.04. The smallest absolute Gasteiger partial charge is 0.425 e. The lowest BCUT2D eigenvalue weighted by molar-refractivity contribution is -0.247. The number of alkyl halides is 6. The van der Waals surface area contributed by atoms with E-state index in [9.17, 15) is 52.8 Å². The number of ether oxygens (including phenoxy) is 2. The van der Waals surface area contributed by atoms with Crippen LogP contribution in [0, 0.1) is 0 Å². The van der Waals surface area contributed by atoms with Crippen LogP contribution in [0.1, 0.15) is 20.8 Å². The van der Waals surface area contributed by atoms with Gasteiger partial charge in [-0.25, -0.2) is 4.79 Å². The molecule has 0 aliphatic rings. The topological polar surface area (TPSA) is 150 Å². The van der Waals surface area contributed by atoms with Gasteiger partial charge in [-0.1, -0.05) is 6.58 Å². The predicted octanol–water partition coefficient (Wildman–Crippen LogP) is 3.59. The Labute approximate surface area is 210 Å². The highest BCUT2D eigenvalue weighted by atomic mass is 32.2. The van der Waals surface area contributed by atoms with Gasteiger partial charge in [-0.05, 0) is 38.1 Å². The number of esters is 2. The first-order chi connectivity index (χ1) is 16.5. The zero-order valence-electron chi connectivity index (χ0n) is 18.8. The minimum atomic E-state index is -7.17. The number of carbonyl (C=O) groups excluding carboxylic acids is 2. The first kappa shape index (κ1) is 32.5. The molecule has 1 aromatic rings. The summed E-state index contributed by atoms with van der Waals surface area (Å²) in [5.41, 5.74) is 0.0447. The summed E-state index contributed by atoms with van der Waals surface area (Å²) in [7, 11) is -14.1. The third kappa shape index (κ3) is 7.08. The molecule has 1 rings (SSSR count). The van der Waals surface area contributed by atoms with Gasteiger partial charge >= 0.3 is 48.6 Å². The Morgan fingerprint density at radius 2 is 1.43 bits per heavy atom. The fraction of sp³-hybridized carbons (Fsp3) is 0.444. The fourth-order valence-corrected chi connectivity index (χ4v) is 4.31. The van der Waals surface area contributed by atoms with Gasteiger partial charge in [0.25, 0.3) is 0 Å². The molecular weight excluding hydrogens is 586 g/mol. The molecule has 0 radical (unpaired) electrons. The maximum Gasteiger partial charge on any atom is 0.450 e. The van der Waals surface area contributed by atoms with Crippen molar-refractivity contribution in [2.75, 3.05) is 0 Å². The Hall–Kier alpha value is -2.51. The predicted molar refractivity (Wildman–Crippen MR) is 114 cm³/mol. The number of carbonyl (C=O) groups is 2. The molecule has 0 bridgehead atoms. The van der Waals surface area contributed by atoms with E-state index in [1.807, 2.05) is 0 Å². The number of hydrogen-bond donors (Lipinski definition) is 1. The fourth-order valence-electron chi connectivity index (χ4n) is 2.03. The first-order valence-electron chi connectivity index (χ1n) is 9.36. The van der Waals surface area contributed by atoms with Crippen molar-refractivity contribution < 1.29 is 71.0 Å². The molecule has 37 heavy (non-hydrogen) atoms. The van der Waals surface area contributed by atoms with Gasteiger partial charge in [0.15, 0.2) is 0 Å². The highest BCUT2D eigenvalue weighted by molar-refractivity contribution is 8.00. The number of hydrogen-bond acceptors (Lipinski definition) is 10. The van der Waals surface area contributed by atoms with Crippen molar-refractivity contribution in [3.63, 3.8) is 0 Å². The number of thioether (sulfide) groups is 1. The normalized spacial score (nSPS) is 14.9. The Balaban J connectivity index is 2.97. The Morgan fingerprint density at radius 1 is 0.946 bits per heavy atom. The first-order valence-corrected chi connectivity index (χ1v) is 13.1. The van der Waals surface area contributed by atoms with Gasteiger partial charge in [0.05, 0.1) is 0 Å². The molecule has 2 atom stereocenters. The van der Waals surface area contributed by atoms with E-state index >= 15 is 0 Å². The van der Waals surface area contributed by atoms with Gasteiger partial charge in [-0.15, -0.1) is 11.8 Å². The van der Waals surface area contributed by atoms with Crippen LogP contribution in [0.15, 0.2) is 41.3 Å². The van der Waals surface area contributed by atoms with Crippen LogP contribution in [-0.2, 0) is 39.3 Å². The summed E-state index contributed by atoms with van der Waals surface area (Å²) in [6.07, 6.45) is -1.28. The van der Waals surface area contributed by atoms with Crippen molar-refractivity contribution in [1.82, 2.24) is 0 Å². The quantitative estimate of drug-likeness (QED) is 0.0709. The van der Waals surface area contributed by atoms with Crippen LogP contribution in [0.5, 0.6) is 5.75 Å². The zero-order chi connectivity index (χ0) is 29.2. The van der Waals surface area contributed by atoms with Crippen molar-refractivity contribution >= 4 is 43.9 Å². The monoisotopic (exact) mass is 604 g/mol. The average Bonchev–Trinajstić information content (AvgIpc) is 2.73. The molecule has 0 amide bonds. The van der Waals surface area contributed by atoms with Crippen LogP contribution in [0.2, 0.25) is 0 Å². The zero-order valence-corrected chi connectivity index (χ0v) is 21.2. The molecule has 2 unspecified atom stereocenters. The van der Waals surface area contributed by atoms with Crippen LogP contribution in [0.25, 0.3) is 0 Å². The molecule has 1 N–H and O–H groups in total. The van der Waals surface area contributed by atoms with Crippen molar-refractivity contribution in [3.05, 3.63) is 36.4 Å². The van der Waals surface area contributed by atoms with Gasteiger partial charge in [0.2, 0.25) is 6.29 Å². The summed E-state index contributed by atoms with van der Waals surface area (Å²) in [5, 5.41) is -14.7. The molecule has 0 fully saturated rings. The van der Waals surface area contributed by atoms with E-state index in [0.29, 0.717) is 12.1 Å². The van der Waals surface area contributed by atoms with Gasteiger partial charge in [0, 0.05) is 17.4 Å². The van der Waals surface area contributed by atoms with Gasteiger partial charge < -0.3 is 13.7 Å². The van der Waals surface area contributed by atoms with Gasteiger partial charge in [0.1, 0.15) is 11.0 Å². The molecule has 210 valence electrons. The molecule has 0 aliphatic carbocycles. The van der Waals surface area contributed by atoms with Crippen molar-refractivity contribution in [2.45, 2.75) is 53.6 Å². The second-order valence-corrected chi connectivity index (χ2v) is 11.5. The minimum Gasteiger partial charge on any atom is -0.425 e. The summed E-state index contributed by atoms with van der Waals surface area (Å²) >= 11 is 0.762. The van der Waals surface area contributed by atoms with Crippen LogP contribution in [-0.4, -0.2) is 61.3 Å². The van der Waals surface area contributed by atoms with E-state index in [1.54, 1.807) is 0 Å². The Kier molecular flexibility index (Phi) is 9.74. The van der Waals surface area contributed by atoms with E-state index in [1.165, 1.54) is 20.8 Å². The Bertz CT molecular complexity index is 1250. The van der Waals surface area contributed by atoms with Crippen molar-refractivity contribution in [3.8, 4) is 5.75 Å². The molecule has 19 heteroatoms. The highest BCUT2D eigenvalue weighted by Gasteiger charge is 2.83. The average molecular weight is 605 g/mol. The lowest BCUT2D eigenvalue weighted by Gasteiger charge is -2.29. The van der Waals surface area contributed by atoms with E-state index in [2.05, 4.69) is 10.8 Å². The van der Waals surface area contributed by atoms with Crippen molar-refractivity contribution in [2.24, 2.45) is 0 Å². The van der Waals surface area contributed by atoms with E-state index in [4.69, 9.17) is 14.0 Å². The maximum absolute atomic E-state index is 13.8. The molecule has 1 aromatic carbocycles. The second kappa shape index (κ2) is 11.1. The summed E-state index contributed by atoms with van der Waals surface area (Å²) < 4.78 is 147. The molecule has 0 heterocycles. The van der Waals surface area contributed by atoms with Crippen LogP contribution in [0.3, 0.4) is 0 Å². The van der Waals surface area contributed by atoms with Gasteiger partial charge in [-0.3, -0.25) is 9.35 Å². The van der Waals surface area contributed by atoms with Crippen LogP contribution >= 0.6 is 11.8 Å². The standard InChI is InChI=1S/C18H18F6O10S3/c1-9(2)14(25)32-11(4)33-15(26)10(3)35-13-7-5-12(6-8-13)34-37(30,31)18(23,24)16(19,20)17(21,22)36(27,28)29/h5-8,10-11H,1H2,2-4H3,(H,27,28,29). The summed E-state index contributed by atoms with van der Waals surface area (Å²) in [5.74, 6) is -9.92. The SMILES string of the molecule is C=C(C)C(=O)OC(C)OC(=O)C(C)Sc1ccc(OS(=O)(=O)C(F)(F)C(F)(F)C(F)(F)S(=O)(=O)O)cc1. The van der Waals surface area contributed by atoms with Gasteiger partial charge in [-0.2, -0.15) is 43.2 Å². The van der Waals surface area contributed by atoms with E-state index in [-0.39, 0.29) is 10.5 Å². The molecule has 0 saturated heterocycles. The Morgan fingerprint density at radius 3 is 1.86 bits per heavy atom. The number of halogens is 6. The minimum absolute atomic E-state index is 0.0447. The summed E-state index contributed by atoms with van der Waals surface area (Å²) in [6, 6.07) is 3.19. The largest absolute Gasteiger partial charge is 0.450 e. The maximum atomic E-state index is 13.8. The van der Waals surface area contributed by atoms with Crippen LogP contribution in [0.4, 0.5) is 26.3 Å².